The van der Waals surface area contributed by atoms with Crippen molar-refractivity contribution < 1.29 is 14.4 Å². The third-order valence-electron chi connectivity index (χ3n) is 5.34. The minimum atomic E-state index is -0.308. The number of carbonyl (C=O) groups is 1. The van der Waals surface area contributed by atoms with E-state index < -0.39 is 0 Å². The number of fused-ring (bicyclic) bond motifs is 1. The third-order valence-corrected chi connectivity index (χ3v) is 5.34. The van der Waals surface area contributed by atoms with Crippen molar-refractivity contribution in [3.8, 4) is 16.9 Å². The number of benzene rings is 3. The summed E-state index contributed by atoms with van der Waals surface area (Å²) in [6.45, 7) is 0.671. The van der Waals surface area contributed by atoms with E-state index in [0.717, 1.165) is 33.5 Å². The van der Waals surface area contributed by atoms with Gasteiger partial charge in [-0.3, -0.25) is 5.10 Å². The van der Waals surface area contributed by atoms with E-state index in [4.69, 9.17) is 9.57 Å². The maximum atomic E-state index is 12.2. The van der Waals surface area contributed by atoms with Crippen LogP contribution in [-0.4, -0.2) is 41.2 Å². The van der Waals surface area contributed by atoms with Crippen molar-refractivity contribution in [2.75, 3.05) is 18.5 Å². The Bertz CT molecular complexity index is 1290. The van der Waals surface area contributed by atoms with Gasteiger partial charge in [0.15, 0.2) is 6.10 Å². The summed E-state index contributed by atoms with van der Waals surface area (Å²) in [5.41, 5.74) is 4.50. The predicted molar refractivity (Wildman–Crippen MR) is 127 cm³/mol. The van der Waals surface area contributed by atoms with Crippen LogP contribution >= 0.6 is 0 Å². The summed E-state index contributed by atoms with van der Waals surface area (Å²) in [6.07, 6.45) is 2.11. The lowest BCUT2D eigenvalue weighted by Crippen LogP contribution is -2.33. The number of hydrogen-bond acceptors (Lipinski definition) is 5. The molecule has 0 fully saturated rings. The highest BCUT2D eigenvalue weighted by Crippen LogP contribution is 2.30. The maximum absolute atomic E-state index is 12.2. The molecule has 1 aliphatic heterocycles. The number of ether oxygens (including phenoxy) is 1. The van der Waals surface area contributed by atoms with Crippen molar-refractivity contribution in [2.24, 2.45) is 5.16 Å². The van der Waals surface area contributed by atoms with Gasteiger partial charge in [-0.1, -0.05) is 53.7 Å². The molecular formula is C25H23N5O3. The fourth-order valence-corrected chi connectivity index (χ4v) is 3.69. The minimum Gasteiger partial charge on any atom is -0.489 e. The zero-order valence-electron chi connectivity index (χ0n) is 17.8. The Morgan fingerprint density at radius 1 is 1.09 bits per heavy atom. The quantitative estimate of drug-likeness (QED) is 0.391. The number of nitrogens with one attached hydrogen (secondary N) is 3. The average molecular weight is 441 g/mol. The topological polar surface area (TPSA) is 101 Å². The van der Waals surface area contributed by atoms with Gasteiger partial charge in [0.1, 0.15) is 12.4 Å². The second kappa shape index (κ2) is 9.44. The zero-order chi connectivity index (χ0) is 22.5. The molecule has 0 bridgehead atoms. The SMILES string of the molecule is O=C(NCC1=NOC(COc2ccccc2-c2ccccc2)C1)Nc1ccc2[nH]ncc2c1. The zero-order valence-corrected chi connectivity index (χ0v) is 17.8. The van der Waals surface area contributed by atoms with E-state index >= 15 is 0 Å². The van der Waals surface area contributed by atoms with E-state index in [-0.39, 0.29) is 12.1 Å². The van der Waals surface area contributed by atoms with Crippen molar-refractivity contribution in [3.63, 3.8) is 0 Å². The molecule has 2 amide bonds. The molecule has 33 heavy (non-hydrogen) atoms. The van der Waals surface area contributed by atoms with Crippen molar-refractivity contribution in [2.45, 2.75) is 12.5 Å². The van der Waals surface area contributed by atoms with Gasteiger partial charge in [-0.05, 0) is 29.8 Å². The monoisotopic (exact) mass is 441 g/mol. The number of rotatable bonds is 7. The molecule has 3 N–H and O–H groups in total. The molecular weight excluding hydrogens is 418 g/mol. The van der Waals surface area contributed by atoms with Crippen LogP contribution in [0.15, 0.2) is 84.1 Å². The van der Waals surface area contributed by atoms with Crippen molar-refractivity contribution in [1.29, 1.82) is 0 Å². The number of para-hydroxylation sites is 1. The highest BCUT2D eigenvalue weighted by atomic mass is 16.7. The largest absolute Gasteiger partial charge is 0.489 e. The van der Waals surface area contributed by atoms with Gasteiger partial charge in [0.05, 0.1) is 24.0 Å². The Morgan fingerprint density at radius 2 is 1.94 bits per heavy atom. The fourth-order valence-electron chi connectivity index (χ4n) is 3.69. The molecule has 1 aromatic heterocycles. The first kappa shape index (κ1) is 20.6. The number of aromatic nitrogens is 2. The molecule has 1 atom stereocenters. The normalized spacial score (nSPS) is 15.0. The Balaban J connectivity index is 1.09. The summed E-state index contributed by atoms with van der Waals surface area (Å²) in [7, 11) is 0. The van der Waals surface area contributed by atoms with Crippen LogP contribution in [0.3, 0.4) is 0 Å². The summed E-state index contributed by atoms with van der Waals surface area (Å²) >= 11 is 0. The van der Waals surface area contributed by atoms with Gasteiger partial charge in [0.25, 0.3) is 0 Å². The molecule has 2 heterocycles. The van der Waals surface area contributed by atoms with E-state index in [2.05, 4.69) is 38.1 Å². The molecule has 0 saturated carbocycles. The van der Waals surface area contributed by atoms with Crippen LogP contribution in [0.25, 0.3) is 22.0 Å². The van der Waals surface area contributed by atoms with E-state index in [1.165, 1.54) is 0 Å². The number of oxime groups is 1. The average Bonchev–Trinajstić information content (AvgIpc) is 3.51. The Labute approximate surface area is 190 Å². The van der Waals surface area contributed by atoms with Crippen LogP contribution in [0, 0.1) is 0 Å². The number of anilines is 1. The molecule has 5 rings (SSSR count). The summed E-state index contributed by atoms with van der Waals surface area (Å²) in [5, 5.41) is 17.5. The van der Waals surface area contributed by atoms with Gasteiger partial charge < -0.3 is 20.2 Å². The van der Waals surface area contributed by atoms with Gasteiger partial charge in [0, 0.05) is 23.1 Å². The molecule has 166 valence electrons. The number of nitrogens with zero attached hydrogens (tertiary/aromatic N) is 2. The molecule has 0 spiro atoms. The van der Waals surface area contributed by atoms with Crippen LogP contribution in [-0.2, 0) is 4.84 Å². The van der Waals surface area contributed by atoms with E-state index in [1.807, 2.05) is 60.7 Å². The number of urea groups is 1. The van der Waals surface area contributed by atoms with Crippen LogP contribution in [0.2, 0.25) is 0 Å². The van der Waals surface area contributed by atoms with E-state index in [1.54, 1.807) is 6.20 Å². The third kappa shape index (κ3) is 4.95. The minimum absolute atomic E-state index is 0.197. The second-order valence-electron chi connectivity index (χ2n) is 7.74. The molecule has 4 aromatic rings. The smallest absolute Gasteiger partial charge is 0.319 e. The first-order valence-electron chi connectivity index (χ1n) is 10.7. The number of hydrogen-bond donors (Lipinski definition) is 3. The predicted octanol–water partition coefficient (Wildman–Crippen LogP) is 4.58. The highest BCUT2D eigenvalue weighted by Gasteiger charge is 2.22. The standard InChI is InChI=1S/C25H23N5O3/c31-25(28-19-10-11-23-18(12-19)14-27-29-23)26-15-20-13-21(33-30-20)16-32-24-9-5-4-8-22(24)17-6-2-1-3-7-17/h1-12,14,21H,13,15-16H2,(H,27,29)(H2,26,28,31). The maximum Gasteiger partial charge on any atom is 0.319 e. The fraction of sp³-hybridized carbons (Fsp3) is 0.160. The Morgan fingerprint density at radius 3 is 2.85 bits per heavy atom. The molecule has 0 saturated heterocycles. The highest BCUT2D eigenvalue weighted by molar-refractivity contribution is 5.96. The molecule has 0 radical (unpaired) electrons. The van der Waals surface area contributed by atoms with Crippen LogP contribution < -0.4 is 15.4 Å². The summed E-state index contributed by atoms with van der Waals surface area (Å²) < 4.78 is 6.05. The number of amides is 2. The van der Waals surface area contributed by atoms with Crippen molar-refractivity contribution >= 4 is 28.3 Å². The lowest BCUT2D eigenvalue weighted by Gasteiger charge is -2.14. The first-order chi connectivity index (χ1) is 16.2. The van der Waals surface area contributed by atoms with Crippen LogP contribution in [0.4, 0.5) is 10.5 Å². The van der Waals surface area contributed by atoms with Crippen molar-refractivity contribution in [1.82, 2.24) is 15.5 Å². The number of aromatic amines is 1. The molecule has 0 aliphatic carbocycles. The van der Waals surface area contributed by atoms with Crippen molar-refractivity contribution in [3.05, 3.63) is 79.0 Å². The summed E-state index contributed by atoms with van der Waals surface area (Å²) in [4.78, 5) is 17.7. The summed E-state index contributed by atoms with van der Waals surface area (Å²) in [6, 6.07) is 23.3. The lowest BCUT2D eigenvalue weighted by atomic mass is 10.0. The molecule has 8 nitrogen and oxygen atoms in total. The molecule has 1 aliphatic rings. The Kier molecular flexibility index (Phi) is 5.88. The molecule has 3 aromatic carbocycles. The Hall–Kier alpha value is -4.33. The van der Waals surface area contributed by atoms with Gasteiger partial charge in [-0.25, -0.2) is 4.79 Å². The van der Waals surface area contributed by atoms with Gasteiger partial charge in [-0.2, -0.15) is 5.10 Å². The first-order valence-corrected chi connectivity index (χ1v) is 10.7. The van der Waals surface area contributed by atoms with E-state index in [9.17, 15) is 4.79 Å². The van der Waals surface area contributed by atoms with Gasteiger partial charge in [-0.15, -0.1) is 0 Å². The van der Waals surface area contributed by atoms with Crippen LogP contribution in [0.5, 0.6) is 5.75 Å². The number of H-pyrrole nitrogens is 1. The van der Waals surface area contributed by atoms with E-state index in [0.29, 0.717) is 25.3 Å². The van der Waals surface area contributed by atoms with Gasteiger partial charge in [0.2, 0.25) is 0 Å². The second-order valence-corrected chi connectivity index (χ2v) is 7.74. The lowest BCUT2D eigenvalue weighted by molar-refractivity contribution is 0.0472. The van der Waals surface area contributed by atoms with Gasteiger partial charge >= 0.3 is 6.03 Å². The molecule has 1 unspecified atom stereocenters. The summed E-state index contributed by atoms with van der Waals surface area (Å²) in [5.74, 6) is 0.799. The molecule has 8 heteroatoms. The number of carbonyl (C=O) groups excluding carboxylic acids is 1. The van der Waals surface area contributed by atoms with Crippen LogP contribution in [0.1, 0.15) is 6.42 Å².